The summed E-state index contributed by atoms with van der Waals surface area (Å²) in [5.41, 5.74) is 3.97. The Balaban J connectivity index is 1.97. The summed E-state index contributed by atoms with van der Waals surface area (Å²) >= 11 is 6.37. The van der Waals surface area contributed by atoms with Gasteiger partial charge < -0.3 is 10.0 Å². The maximum Gasteiger partial charge on any atom is 0.0865 e. The maximum absolute atomic E-state index is 10.3. The van der Waals surface area contributed by atoms with Gasteiger partial charge in [-0.05, 0) is 25.8 Å². The van der Waals surface area contributed by atoms with Gasteiger partial charge in [0.25, 0.3) is 0 Å². The van der Waals surface area contributed by atoms with Gasteiger partial charge in [-0.1, -0.05) is 29.8 Å². The first-order valence-electron chi connectivity index (χ1n) is 7.28. The Bertz CT molecular complexity index is 653. The van der Waals surface area contributed by atoms with Crippen molar-refractivity contribution in [1.29, 1.82) is 0 Å². The lowest BCUT2D eigenvalue weighted by molar-refractivity contribution is 0.168. The van der Waals surface area contributed by atoms with Crippen LogP contribution >= 0.6 is 11.6 Å². The van der Waals surface area contributed by atoms with E-state index < -0.39 is 0 Å². The highest BCUT2D eigenvalue weighted by Gasteiger charge is 2.23. The summed E-state index contributed by atoms with van der Waals surface area (Å²) < 4.78 is 1.85. The number of halogens is 1. The van der Waals surface area contributed by atoms with Crippen LogP contribution in [-0.4, -0.2) is 21.4 Å². The number of hydrogen-bond donors (Lipinski definition) is 1. The Morgan fingerprint density at radius 2 is 2.14 bits per heavy atom. The van der Waals surface area contributed by atoms with Crippen LogP contribution in [0, 0.1) is 6.92 Å². The summed E-state index contributed by atoms with van der Waals surface area (Å²) in [4.78, 5) is 2.29. The first kappa shape index (κ1) is 14.4. The Morgan fingerprint density at radius 3 is 2.86 bits per heavy atom. The molecule has 1 aliphatic heterocycles. The Morgan fingerprint density at radius 1 is 1.38 bits per heavy atom. The molecule has 0 spiro atoms. The molecule has 3 rings (SSSR count). The average molecular weight is 306 g/mol. The van der Waals surface area contributed by atoms with Crippen molar-refractivity contribution in [1.82, 2.24) is 9.78 Å². The molecule has 2 heterocycles. The van der Waals surface area contributed by atoms with Crippen molar-refractivity contribution in [3.63, 3.8) is 0 Å². The number of anilines is 1. The van der Waals surface area contributed by atoms with Crippen molar-refractivity contribution in [2.24, 2.45) is 7.05 Å². The molecule has 1 aromatic carbocycles. The smallest absolute Gasteiger partial charge is 0.0865 e. The Labute approximate surface area is 130 Å². The molecule has 0 bridgehead atoms. The van der Waals surface area contributed by atoms with E-state index in [1.165, 1.54) is 0 Å². The number of aromatic nitrogens is 2. The SMILES string of the molecule is Cc1nn(C)c(CN2CCCC(O)c3ccccc32)c1Cl. The molecule has 0 saturated carbocycles. The molecule has 5 heteroatoms. The Hall–Kier alpha value is -1.52. The van der Waals surface area contributed by atoms with Crippen LogP contribution in [-0.2, 0) is 13.6 Å². The number of rotatable bonds is 2. The van der Waals surface area contributed by atoms with Crippen molar-refractivity contribution in [2.75, 3.05) is 11.4 Å². The molecule has 0 aliphatic carbocycles. The number of benzene rings is 1. The van der Waals surface area contributed by atoms with Crippen LogP contribution < -0.4 is 4.90 Å². The largest absolute Gasteiger partial charge is 0.388 e. The van der Waals surface area contributed by atoms with Crippen LogP contribution in [0.4, 0.5) is 5.69 Å². The van der Waals surface area contributed by atoms with E-state index in [1.807, 2.05) is 36.9 Å². The van der Waals surface area contributed by atoms with Gasteiger partial charge in [-0.15, -0.1) is 0 Å². The fraction of sp³-hybridized carbons (Fsp3) is 0.438. The van der Waals surface area contributed by atoms with E-state index in [-0.39, 0.29) is 6.10 Å². The van der Waals surface area contributed by atoms with E-state index >= 15 is 0 Å². The first-order chi connectivity index (χ1) is 10.1. The van der Waals surface area contributed by atoms with E-state index in [0.29, 0.717) is 6.54 Å². The second-order valence-corrected chi connectivity index (χ2v) is 5.99. The van der Waals surface area contributed by atoms with Crippen molar-refractivity contribution < 1.29 is 5.11 Å². The van der Waals surface area contributed by atoms with Crippen LogP contribution in [0.15, 0.2) is 24.3 Å². The van der Waals surface area contributed by atoms with Crippen LogP contribution in [0.2, 0.25) is 5.02 Å². The number of aliphatic hydroxyl groups excluding tert-OH is 1. The van der Waals surface area contributed by atoms with Gasteiger partial charge in [0.2, 0.25) is 0 Å². The fourth-order valence-corrected chi connectivity index (χ4v) is 3.23. The molecule has 0 saturated heterocycles. The lowest BCUT2D eigenvalue weighted by Crippen LogP contribution is -2.25. The van der Waals surface area contributed by atoms with Crippen LogP contribution in [0.3, 0.4) is 0 Å². The number of para-hydroxylation sites is 1. The topological polar surface area (TPSA) is 41.3 Å². The summed E-state index contributed by atoms with van der Waals surface area (Å²) in [6.07, 6.45) is 1.38. The highest BCUT2D eigenvalue weighted by Crippen LogP contribution is 2.34. The molecule has 4 nitrogen and oxygen atoms in total. The molecule has 21 heavy (non-hydrogen) atoms. The molecule has 0 fully saturated rings. The van der Waals surface area contributed by atoms with Crippen molar-refractivity contribution in [3.8, 4) is 0 Å². The van der Waals surface area contributed by atoms with Crippen molar-refractivity contribution in [3.05, 3.63) is 46.2 Å². The fourth-order valence-electron chi connectivity index (χ4n) is 3.01. The number of hydrogen-bond acceptors (Lipinski definition) is 3. The predicted molar refractivity (Wildman–Crippen MR) is 84.6 cm³/mol. The van der Waals surface area contributed by atoms with Crippen LogP contribution in [0.5, 0.6) is 0 Å². The standard InChI is InChI=1S/C16H20ClN3O/c1-11-16(17)14(19(2)18-11)10-20-9-5-8-15(21)12-6-3-4-7-13(12)20/h3-4,6-7,15,21H,5,8-10H2,1-2H3. The Kier molecular flexibility index (Phi) is 3.91. The summed E-state index contributed by atoms with van der Waals surface area (Å²) in [5, 5.41) is 15.4. The lowest BCUT2D eigenvalue weighted by Gasteiger charge is -2.25. The molecule has 0 amide bonds. The van der Waals surface area contributed by atoms with E-state index in [4.69, 9.17) is 11.6 Å². The van der Waals surface area contributed by atoms with Gasteiger partial charge in [-0.2, -0.15) is 5.10 Å². The minimum atomic E-state index is -0.380. The zero-order chi connectivity index (χ0) is 15.0. The summed E-state index contributed by atoms with van der Waals surface area (Å²) in [6, 6.07) is 8.07. The minimum Gasteiger partial charge on any atom is -0.388 e. The van der Waals surface area contributed by atoms with Gasteiger partial charge >= 0.3 is 0 Å². The van der Waals surface area contributed by atoms with Gasteiger partial charge in [-0.3, -0.25) is 4.68 Å². The maximum atomic E-state index is 10.3. The second-order valence-electron chi connectivity index (χ2n) is 5.61. The third-order valence-electron chi connectivity index (χ3n) is 4.14. The number of aryl methyl sites for hydroxylation is 2. The molecular weight excluding hydrogens is 286 g/mol. The molecule has 1 unspecified atom stereocenters. The molecule has 112 valence electrons. The monoisotopic (exact) mass is 305 g/mol. The number of nitrogens with zero attached hydrogens (tertiary/aromatic N) is 3. The van der Waals surface area contributed by atoms with Crippen molar-refractivity contribution in [2.45, 2.75) is 32.4 Å². The summed E-state index contributed by atoms with van der Waals surface area (Å²) in [5.74, 6) is 0. The number of aliphatic hydroxyl groups is 1. The zero-order valence-electron chi connectivity index (χ0n) is 12.4. The van der Waals surface area contributed by atoms with Gasteiger partial charge in [0.05, 0.1) is 29.1 Å². The molecule has 1 aliphatic rings. The van der Waals surface area contributed by atoms with Crippen molar-refractivity contribution >= 4 is 17.3 Å². The predicted octanol–water partition coefficient (Wildman–Crippen LogP) is 3.22. The molecule has 1 N–H and O–H groups in total. The van der Waals surface area contributed by atoms with Gasteiger partial charge in [-0.25, -0.2) is 0 Å². The highest BCUT2D eigenvalue weighted by molar-refractivity contribution is 6.31. The normalized spacial score (nSPS) is 18.5. The summed E-state index contributed by atoms with van der Waals surface area (Å²) in [7, 11) is 1.92. The first-order valence-corrected chi connectivity index (χ1v) is 7.65. The van der Waals surface area contributed by atoms with E-state index in [0.717, 1.165) is 47.0 Å². The summed E-state index contributed by atoms with van der Waals surface area (Å²) in [6.45, 7) is 3.54. The zero-order valence-corrected chi connectivity index (χ0v) is 13.1. The molecule has 0 radical (unpaired) electrons. The average Bonchev–Trinajstić information content (AvgIpc) is 2.63. The van der Waals surface area contributed by atoms with Crippen LogP contribution in [0.25, 0.3) is 0 Å². The lowest BCUT2D eigenvalue weighted by atomic mass is 10.0. The third-order valence-corrected chi connectivity index (χ3v) is 4.64. The molecule has 1 atom stereocenters. The van der Waals surface area contributed by atoms with Crippen LogP contribution in [0.1, 0.15) is 35.9 Å². The number of fused-ring (bicyclic) bond motifs is 1. The quantitative estimate of drug-likeness (QED) is 0.926. The minimum absolute atomic E-state index is 0.380. The van der Waals surface area contributed by atoms with Gasteiger partial charge in [0.15, 0.2) is 0 Å². The molecular formula is C16H20ClN3O. The third kappa shape index (κ3) is 2.65. The molecule has 1 aromatic heterocycles. The van der Waals surface area contributed by atoms with Gasteiger partial charge in [0.1, 0.15) is 0 Å². The van der Waals surface area contributed by atoms with E-state index in [9.17, 15) is 5.11 Å². The van der Waals surface area contributed by atoms with E-state index in [1.54, 1.807) is 0 Å². The molecule has 2 aromatic rings. The second kappa shape index (κ2) is 5.70. The van der Waals surface area contributed by atoms with E-state index in [2.05, 4.69) is 16.1 Å². The highest BCUT2D eigenvalue weighted by atomic mass is 35.5. The van der Waals surface area contributed by atoms with Gasteiger partial charge in [0, 0.05) is 24.8 Å².